The van der Waals surface area contributed by atoms with Crippen molar-refractivity contribution in [2.75, 3.05) is 27.2 Å². The molecule has 0 aliphatic heterocycles. The highest BCUT2D eigenvalue weighted by molar-refractivity contribution is 5.77. The molecule has 0 heterocycles. The van der Waals surface area contributed by atoms with Crippen LogP contribution in [0.5, 0.6) is 0 Å². The highest BCUT2D eigenvalue weighted by Crippen LogP contribution is 2.10. The van der Waals surface area contributed by atoms with Crippen molar-refractivity contribution in [2.24, 2.45) is 11.8 Å². The lowest BCUT2D eigenvalue weighted by molar-refractivity contribution is -0.131. The van der Waals surface area contributed by atoms with E-state index in [4.69, 9.17) is 0 Å². The van der Waals surface area contributed by atoms with Gasteiger partial charge >= 0.3 is 0 Å². The minimum absolute atomic E-state index is 0.236. The van der Waals surface area contributed by atoms with Crippen molar-refractivity contribution >= 4 is 5.91 Å². The van der Waals surface area contributed by atoms with Gasteiger partial charge in [0.1, 0.15) is 0 Å². The maximum atomic E-state index is 12.1. The average molecular weight is 270 g/mol. The molecule has 1 amide bonds. The molecule has 3 nitrogen and oxygen atoms in total. The first-order chi connectivity index (χ1) is 8.73. The van der Waals surface area contributed by atoms with Crippen molar-refractivity contribution in [3.8, 4) is 0 Å². The van der Waals surface area contributed by atoms with E-state index in [2.05, 4.69) is 46.6 Å². The third-order valence-electron chi connectivity index (χ3n) is 3.77. The molecule has 0 bridgehead atoms. The Bertz CT molecular complexity index is 251. The van der Waals surface area contributed by atoms with Gasteiger partial charge in [0.05, 0.1) is 6.54 Å². The second-order valence-corrected chi connectivity index (χ2v) is 6.73. The lowest BCUT2D eigenvalue weighted by atomic mass is 10.0. The van der Waals surface area contributed by atoms with Crippen LogP contribution in [0, 0.1) is 11.8 Å². The summed E-state index contributed by atoms with van der Waals surface area (Å²) in [4.78, 5) is 16.1. The summed E-state index contributed by atoms with van der Waals surface area (Å²) in [6, 6.07) is 0.477. The second-order valence-electron chi connectivity index (χ2n) is 6.73. The fraction of sp³-hybridized carbons (Fsp3) is 0.938. The fourth-order valence-corrected chi connectivity index (χ4v) is 1.86. The standard InChI is InChI=1S/C16H34N2O/c1-13(2)8-9-15(5)18(7)12-16(19)17(6)11-10-14(3)4/h13-15H,8-12H2,1-7H3. The number of rotatable bonds is 9. The van der Waals surface area contributed by atoms with Crippen LogP contribution in [0.25, 0.3) is 0 Å². The van der Waals surface area contributed by atoms with Crippen molar-refractivity contribution in [1.82, 2.24) is 9.80 Å². The van der Waals surface area contributed by atoms with E-state index in [1.165, 1.54) is 6.42 Å². The van der Waals surface area contributed by atoms with Crippen LogP contribution in [0.3, 0.4) is 0 Å². The summed E-state index contributed by atoms with van der Waals surface area (Å²) in [6.45, 7) is 12.5. The smallest absolute Gasteiger partial charge is 0.236 e. The van der Waals surface area contributed by atoms with E-state index in [0.29, 0.717) is 18.5 Å². The van der Waals surface area contributed by atoms with Crippen molar-refractivity contribution < 1.29 is 4.79 Å². The van der Waals surface area contributed by atoms with Gasteiger partial charge < -0.3 is 4.90 Å². The number of nitrogens with zero attached hydrogens (tertiary/aromatic N) is 2. The zero-order chi connectivity index (χ0) is 15.0. The molecule has 0 rings (SSSR count). The second kappa shape index (κ2) is 9.35. The topological polar surface area (TPSA) is 23.6 Å². The van der Waals surface area contributed by atoms with Gasteiger partial charge in [-0.2, -0.15) is 0 Å². The Kier molecular flexibility index (Phi) is 9.07. The Balaban J connectivity index is 4.02. The summed E-state index contributed by atoms with van der Waals surface area (Å²) in [7, 11) is 3.97. The molecule has 1 unspecified atom stereocenters. The van der Waals surface area contributed by atoms with Crippen LogP contribution >= 0.6 is 0 Å². The number of hydrogen-bond donors (Lipinski definition) is 0. The third kappa shape index (κ3) is 9.04. The Morgan fingerprint density at radius 1 is 0.895 bits per heavy atom. The Morgan fingerprint density at radius 2 is 1.42 bits per heavy atom. The number of carbonyl (C=O) groups is 1. The molecular weight excluding hydrogens is 236 g/mol. The van der Waals surface area contributed by atoms with Crippen LogP contribution < -0.4 is 0 Å². The Hall–Kier alpha value is -0.570. The molecule has 0 radical (unpaired) electrons. The van der Waals surface area contributed by atoms with E-state index in [9.17, 15) is 4.79 Å². The van der Waals surface area contributed by atoms with E-state index in [0.717, 1.165) is 25.3 Å². The van der Waals surface area contributed by atoms with Gasteiger partial charge in [-0.1, -0.05) is 27.7 Å². The third-order valence-corrected chi connectivity index (χ3v) is 3.77. The number of amides is 1. The summed E-state index contributed by atoms with van der Waals surface area (Å²) < 4.78 is 0. The van der Waals surface area contributed by atoms with Crippen molar-refractivity contribution in [3.05, 3.63) is 0 Å². The van der Waals surface area contributed by atoms with E-state index < -0.39 is 0 Å². The average Bonchev–Trinajstić information content (AvgIpc) is 2.32. The zero-order valence-corrected chi connectivity index (χ0v) is 14.1. The molecule has 0 fully saturated rings. The largest absolute Gasteiger partial charge is 0.345 e. The summed E-state index contributed by atoms with van der Waals surface area (Å²) >= 11 is 0. The number of carbonyl (C=O) groups excluding carboxylic acids is 1. The number of hydrogen-bond acceptors (Lipinski definition) is 2. The van der Waals surface area contributed by atoms with Gasteiger partial charge in [0.15, 0.2) is 0 Å². The molecule has 19 heavy (non-hydrogen) atoms. The SMILES string of the molecule is CC(C)CCC(C)N(C)CC(=O)N(C)CCC(C)C. The minimum atomic E-state index is 0.236. The van der Waals surface area contributed by atoms with Gasteiger partial charge in [0.25, 0.3) is 0 Å². The summed E-state index contributed by atoms with van der Waals surface area (Å²) in [5, 5.41) is 0. The molecule has 114 valence electrons. The van der Waals surface area contributed by atoms with Crippen LogP contribution in [-0.2, 0) is 4.79 Å². The minimum Gasteiger partial charge on any atom is -0.345 e. The first kappa shape index (κ1) is 18.4. The summed E-state index contributed by atoms with van der Waals surface area (Å²) in [6.07, 6.45) is 3.47. The fourth-order valence-electron chi connectivity index (χ4n) is 1.86. The van der Waals surface area contributed by atoms with Crippen LogP contribution in [0.4, 0.5) is 0 Å². The van der Waals surface area contributed by atoms with E-state index in [1.54, 1.807) is 0 Å². The molecule has 0 aliphatic carbocycles. The molecule has 0 saturated carbocycles. The first-order valence-electron chi connectivity index (χ1n) is 7.68. The van der Waals surface area contributed by atoms with Crippen LogP contribution in [-0.4, -0.2) is 48.9 Å². The molecule has 3 heteroatoms. The molecule has 0 spiro atoms. The summed E-state index contributed by atoms with van der Waals surface area (Å²) in [5.41, 5.74) is 0. The highest BCUT2D eigenvalue weighted by Gasteiger charge is 2.16. The van der Waals surface area contributed by atoms with Gasteiger partial charge in [-0.25, -0.2) is 0 Å². The van der Waals surface area contributed by atoms with E-state index >= 15 is 0 Å². The Labute approximate surface area is 120 Å². The van der Waals surface area contributed by atoms with Crippen LogP contribution in [0.15, 0.2) is 0 Å². The quantitative estimate of drug-likeness (QED) is 0.642. The molecule has 0 saturated heterocycles. The first-order valence-corrected chi connectivity index (χ1v) is 7.68. The maximum absolute atomic E-state index is 12.1. The van der Waals surface area contributed by atoms with Crippen molar-refractivity contribution in [3.63, 3.8) is 0 Å². The van der Waals surface area contributed by atoms with Crippen molar-refractivity contribution in [2.45, 2.75) is 59.9 Å². The highest BCUT2D eigenvalue weighted by atomic mass is 16.2. The number of likely N-dealkylation sites (N-methyl/N-ethyl adjacent to an activating group) is 2. The van der Waals surface area contributed by atoms with Crippen LogP contribution in [0.2, 0.25) is 0 Å². The predicted molar refractivity (Wildman–Crippen MR) is 83.3 cm³/mol. The monoisotopic (exact) mass is 270 g/mol. The zero-order valence-electron chi connectivity index (χ0n) is 14.1. The molecule has 1 atom stereocenters. The molecule has 0 aromatic rings. The predicted octanol–water partition coefficient (Wildman–Crippen LogP) is 3.25. The van der Waals surface area contributed by atoms with E-state index in [-0.39, 0.29) is 5.91 Å². The normalized spacial score (nSPS) is 13.4. The molecule has 0 N–H and O–H groups in total. The maximum Gasteiger partial charge on any atom is 0.236 e. The molecule has 0 aliphatic rings. The van der Waals surface area contributed by atoms with Gasteiger partial charge in [0, 0.05) is 19.6 Å². The van der Waals surface area contributed by atoms with Gasteiger partial charge in [-0.3, -0.25) is 9.69 Å². The lowest BCUT2D eigenvalue weighted by Crippen LogP contribution is -2.40. The summed E-state index contributed by atoms with van der Waals surface area (Å²) in [5.74, 6) is 1.62. The van der Waals surface area contributed by atoms with Gasteiger partial charge in [-0.05, 0) is 45.1 Å². The molecule has 0 aromatic heterocycles. The van der Waals surface area contributed by atoms with Gasteiger partial charge in [0.2, 0.25) is 5.91 Å². The molecular formula is C16H34N2O. The molecule has 0 aromatic carbocycles. The van der Waals surface area contributed by atoms with Gasteiger partial charge in [-0.15, -0.1) is 0 Å². The van der Waals surface area contributed by atoms with Crippen LogP contribution in [0.1, 0.15) is 53.9 Å². The van der Waals surface area contributed by atoms with E-state index in [1.807, 2.05) is 11.9 Å². The van der Waals surface area contributed by atoms with Crippen molar-refractivity contribution in [1.29, 1.82) is 0 Å². The Morgan fingerprint density at radius 3 is 1.89 bits per heavy atom. The lowest BCUT2D eigenvalue weighted by Gasteiger charge is -2.27.